The summed E-state index contributed by atoms with van der Waals surface area (Å²) in [6.45, 7) is 0. The molecule has 0 aliphatic heterocycles. The van der Waals surface area contributed by atoms with Gasteiger partial charge in [-0.3, -0.25) is 4.31 Å². The van der Waals surface area contributed by atoms with Gasteiger partial charge in [-0.1, -0.05) is 11.6 Å². The van der Waals surface area contributed by atoms with Crippen LogP contribution in [0, 0.1) is 3.57 Å². The monoisotopic (exact) mass is 407 g/mol. The predicted molar refractivity (Wildman–Crippen MR) is 86.2 cm³/mol. The Hall–Kier alpha value is -0.790. The number of rotatable bonds is 3. The molecule has 2 rings (SSSR count). The second-order valence-corrected chi connectivity index (χ2v) is 7.55. The van der Waals surface area contributed by atoms with Gasteiger partial charge in [0.05, 0.1) is 10.6 Å². The topological polar surface area (TPSA) is 37.4 Å². The van der Waals surface area contributed by atoms with Gasteiger partial charge >= 0.3 is 0 Å². The summed E-state index contributed by atoms with van der Waals surface area (Å²) in [5.41, 5.74) is 0.572. The van der Waals surface area contributed by atoms with Crippen molar-refractivity contribution in [3.8, 4) is 0 Å². The number of sulfonamides is 1. The summed E-state index contributed by atoms with van der Waals surface area (Å²) in [7, 11) is -2.01. The van der Waals surface area contributed by atoms with Crippen LogP contribution in [0.1, 0.15) is 0 Å². The van der Waals surface area contributed by atoms with E-state index in [1.807, 2.05) is 0 Å². The third-order valence-corrected chi connectivity index (χ3v) is 5.43. The maximum absolute atomic E-state index is 12.4. The molecule has 0 aromatic heterocycles. The van der Waals surface area contributed by atoms with E-state index in [1.165, 1.54) is 11.4 Å². The molecule has 2 aromatic carbocycles. The first kappa shape index (κ1) is 14.6. The average Bonchev–Trinajstić information content (AvgIpc) is 2.39. The zero-order valence-corrected chi connectivity index (χ0v) is 13.8. The molecule has 0 bridgehead atoms. The molecule has 6 heteroatoms. The third-order valence-electron chi connectivity index (χ3n) is 2.66. The maximum Gasteiger partial charge on any atom is 0.264 e. The van der Waals surface area contributed by atoms with Crippen LogP contribution in [-0.4, -0.2) is 15.5 Å². The van der Waals surface area contributed by atoms with Crippen LogP contribution in [0.4, 0.5) is 5.69 Å². The Morgan fingerprint density at radius 3 is 2.05 bits per heavy atom. The van der Waals surface area contributed by atoms with Crippen LogP contribution >= 0.6 is 34.2 Å². The van der Waals surface area contributed by atoms with Gasteiger partial charge in [0.25, 0.3) is 10.0 Å². The van der Waals surface area contributed by atoms with Crippen molar-refractivity contribution in [3.63, 3.8) is 0 Å². The Balaban J connectivity index is 2.39. The summed E-state index contributed by atoms with van der Waals surface area (Å²) >= 11 is 7.93. The second kappa shape index (κ2) is 5.68. The lowest BCUT2D eigenvalue weighted by atomic mass is 10.3. The minimum atomic E-state index is -3.53. The molecular weight excluding hydrogens is 397 g/mol. The first-order valence-electron chi connectivity index (χ1n) is 5.41. The summed E-state index contributed by atoms with van der Waals surface area (Å²) in [6.07, 6.45) is 0. The van der Waals surface area contributed by atoms with Crippen molar-refractivity contribution in [2.24, 2.45) is 0 Å². The average molecular weight is 408 g/mol. The molecule has 0 N–H and O–H groups in total. The van der Waals surface area contributed by atoms with Crippen molar-refractivity contribution < 1.29 is 8.42 Å². The van der Waals surface area contributed by atoms with Crippen molar-refractivity contribution in [1.82, 2.24) is 0 Å². The molecule has 0 unspecified atom stereocenters. The molecule has 0 amide bonds. The van der Waals surface area contributed by atoms with E-state index in [9.17, 15) is 8.42 Å². The highest BCUT2D eigenvalue weighted by molar-refractivity contribution is 14.1. The highest BCUT2D eigenvalue weighted by Crippen LogP contribution is 2.23. The molecule has 3 nitrogen and oxygen atoms in total. The van der Waals surface area contributed by atoms with Crippen LogP contribution in [0.25, 0.3) is 0 Å². The van der Waals surface area contributed by atoms with Gasteiger partial charge in [0.15, 0.2) is 0 Å². The van der Waals surface area contributed by atoms with Crippen LogP contribution in [0.15, 0.2) is 53.4 Å². The van der Waals surface area contributed by atoms with Crippen LogP contribution in [0.2, 0.25) is 5.02 Å². The molecule has 0 atom stereocenters. The van der Waals surface area contributed by atoms with E-state index in [-0.39, 0.29) is 4.90 Å². The molecule has 0 saturated heterocycles. The van der Waals surface area contributed by atoms with E-state index in [2.05, 4.69) is 22.6 Å². The zero-order valence-electron chi connectivity index (χ0n) is 10.0. The van der Waals surface area contributed by atoms with Crippen molar-refractivity contribution in [2.75, 3.05) is 11.4 Å². The van der Waals surface area contributed by atoms with Crippen molar-refractivity contribution in [3.05, 3.63) is 57.1 Å². The van der Waals surface area contributed by atoms with E-state index in [0.29, 0.717) is 10.7 Å². The van der Waals surface area contributed by atoms with E-state index in [0.717, 1.165) is 3.57 Å². The lowest BCUT2D eigenvalue weighted by Gasteiger charge is -2.19. The number of benzene rings is 2. The molecule has 0 aliphatic rings. The van der Waals surface area contributed by atoms with Gasteiger partial charge in [-0.15, -0.1) is 0 Å². The Labute approximate surface area is 131 Å². The Bertz CT molecular complexity index is 669. The molecular formula is C13H11ClINO2S. The van der Waals surface area contributed by atoms with Crippen LogP contribution in [0.3, 0.4) is 0 Å². The fourth-order valence-electron chi connectivity index (χ4n) is 1.55. The second-order valence-electron chi connectivity index (χ2n) is 3.90. The largest absolute Gasteiger partial charge is 0.269 e. The summed E-state index contributed by atoms with van der Waals surface area (Å²) in [5.74, 6) is 0. The van der Waals surface area contributed by atoms with Crippen LogP contribution < -0.4 is 4.31 Å². The Morgan fingerprint density at radius 1 is 1.00 bits per heavy atom. The SMILES string of the molecule is CN(c1ccc(Cl)cc1)S(=O)(=O)c1ccc(I)cc1. The van der Waals surface area contributed by atoms with Crippen molar-refractivity contribution in [1.29, 1.82) is 0 Å². The standard InChI is InChI=1S/C13H11ClINO2S/c1-16(12-6-2-10(14)3-7-12)19(17,18)13-8-4-11(15)5-9-13/h2-9H,1H3. The number of hydrogen-bond acceptors (Lipinski definition) is 2. The minimum absolute atomic E-state index is 0.269. The van der Waals surface area contributed by atoms with Crippen LogP contribution in [0.5, 0.6) is 0 Å². The first-order valence-corrected chi connectivity index (χ1v) is 8.31. The highest BCUT2D eigenvalue weighted by Gasteiger charge is 2.20. The molecule has 0 heterocycles. The van der Waals surface area contributed by atoms with Gasteiger partial charge in [0.1, 0.15) is 0 Å². The first-order chi connectivity index (χ1) is 8.91. The molecule has 0 aliphatic carbocycles. The van der Waals surface area contributed by atoms with E-state index >= 15 is 0 Å². The quantitative estimate of drug-likeness (QED) is 0.726. The number of hydrogen-bond donors (Lipinski definition) is 0. The van der Waals surface area contributed by atoms with Gasteiger partial charge in [0, 0.05) is 15.6 Å². The molecule has 0 radical (unpaired) electrons. The van der Waals surface area contributed by atoms with E-state index in [1.54, 1.807) is 48.5 Å². The number of halogens is 2. The van der Waals surface area contributed by atoms with Gasteiger partial charge in [0.2, 0.25) is 0 Å². The fraction of sp³-hybridized carbons (Fsp3) is 0.0769. The minimum Gasteiger partial charge on any atom is -0.269 e. The lowest BCUT2D eigenvalue weighted by Crippen LogP contribution is -2.26. The van der Waals surface area contributed by atoms with Crippen molar-refractivity contribution in [2.45, 2.75) is 4.90 Å². The molecule has 2 aromatic rings. The van der Waals surface area contributed by atoms with Crippen molar-refractivity contribution >= 4 is 49.9 Å². The van der Waals surface area contributed by atoms with E-state index < -0.39 is 10.0 Å². The third kappa shape index (κ3) is 3.21. The Morgan fingerprint density at radius 2 is 1.53 bits per heavy atom. The summed E-state index contributed by atoms with van der Waals surface area (Å²) in [6, 6.07) is 13.4. The zero-order chi connectivity index (χ0) is 14.0. The lowest BCUT2D eigenvalue weighted by molar-refractivity contribution is 0.594. The Kier molecular flexibility index (Phi) is 4.37. The molecule has 19 heavy (non-hydrogen) atoms. The van der Waals surface area contributed by atoms with Gasteiger partial charge in [-0.25, -0.2) is 8.42 Å². The smallest absolute Gasteiger partial charge is 0.264 e. The number of nitrogens with zero attached hydrogens (tertiary/aromatic N) is 1. The molecule has 0 spiro atoms. The van der Waals surface area contributed by atoms with E-state index in [4.69, 9.17) is 11.6 Å². The van der Waals surface area contributed by atoms with Gasteiger partial charge < -0.3 is 0 Å². The normalized spacial score (nSPS) is 11.3. The van der Waals surface area contributed by atoms with Crippen LogP contribution in [-0.2, 0) is 10.0 Å². The maximum atomic E-state index is 12.4. The molecule has 0 saturated carbocycles. The van der Waals surface area contributed by atoms with Gasteiger partial charge in [-0.05, 0) is 71.1 Å². The highest BCUT2D eigenvalue weighted by atomic mass is 127. The fourth-order valence-corrected chi connectivity index (χ4v) is 3.24. The van der Waals surface area contributed by atoms with Gasteiger partial charge in [-0.2, -0.15) is 0 Å². The summed E-state index contributed by atoms with van der Waals surface area (Å²) in [5, 5.41) is 0.573. The molecule has 100 valence electrons. The number of anilines is 1. The summed E-state index contributed by atoms with van der Waals surface area (Å²) in [4.78, 5) is 0.269. The molecule has 0 fully saturated rings. The predicted octanol–water partition coefficient (Wildman–Crippen LogP) is 3.77. The summed E-state index contributed by atoms with van der Waals surface area (Å²) < 4.78 is 27.1.